The normalized spacial score (nSPS) is 10.9. The summed E-state index contributed by atoms with van der Waals surface area (Å²) in [6.07, 6.45) is 1.66. The number of carbonyl (C=O) groups excluding carboxylic acids is 1. The molecule has 0 unspecified atom stereocenters. The zero-order valence-electron chi connectivity index (χ0n) is 13.5. The van der Waals surface area contributed by atoms with Gasteiger partial charge in [-0.25, -0.2) is 9.59 Å². The molecule has 0 bridgehead atoms. The standard InChI is InChI=1S/C14H10O3.C5H8O3/c15-14(16)10-5-3-7-13-11(10)8-9-4-1-2-6-12(9)17-13;1-2-5(7)8-4-3-6/h1-7H,8H2,(H,15,16);2,6H,1,3-4H2. The Kier molecular flexibility index (Phi) is 6.31. The number of rotatable bonds is 4. The highest BCUT2D eigenvalue weighted by molar-refractivity contribution is 5.90. The Hall–Kier alpha value is -3.12. The molecule has 0 amide bonds. The number of carboxylic acid groups (broad SMARTS) is 1. The van der Waals surface area contributed by atoms with Gasteiger partial charge >= 0.3 is 11.9 Å². The summed E-state index contributed by atoms with van der Waals surface area (Å²) in [4.78, 5) is 21.2. The number of ether oxygens (including phenoxy) is 2. The molecule has 130 valence electrons. The van der Waals surface area contributed by atoms with Crippen LogP contribution in [0.1, 0.15) is 21.5 Å². The third-order valence-corrected chi connectivity index (χ3v) is 3.43. The van der Waals surface area contributed by atoms with E-state index in [2.05, 4.69) is 11.3 Å². The van der Waals surface area contributed by atoms with Crippen LogP contribution in [0.2, 0.25) is 0 Å². The second-order valence-electron chi connectivity index (χ2n) is 5.07. The Morgan fingerprint density at radius 2 is 1.88 bits per heavy atom. The van der Waals surface area contributed by atoms with Crippen LogP contribution in [0.25, 0.3) is 0 Å². The fourth-order valence-corrected chi connectivity index (χ4v) is 2.31. The van der Waals surface area contributed by atoms with Gasteiger partial charge in [-0.1, -0.05) is 30.8 Å². The third-order valence-electron chi connectivity index (χ3n) is 3.43. The molecule has 0 saturated carbocycles. The van der Waals surface area contributed by atoms with Crippen molar-refractivity contribution in [3.05, 3.63) is 71.8 Å². The van der Waals surface area contributed by atoms with Crippen molar-refractivity contribution >= 4 is 11.9 Å². The molecule has 6 nitrogen and oxygen atoms in total. The van der Waals surface area contributed by atoms with Gasteiger partial charge in [-0.3, -0.25) is 0 Å². The lowest BCUT2D eigenvalue weighted by atomic mass is 9.96. The number of aliphatic hydroxyl groups excluding tert-OH is 1. The van der Waals surface area contributed by atoms with Crippen LogP contribution in [-0.4, -0.2) is 35.4 Å². The number of hydrogen-bond donors (Lipinski definition) is 2. The maximum atomic E-state index is 11.1. The summed E-state index contributed by atoms with van der Waals surface area (Å²) in [5.74, 6) is 0.0371. The molecule has 2 N–H and O–H groups in total. The predicted octanol–water partition coefficient (Wildman–Crippen LogP) is 2.79. The topological polar surface area (TPSA) is 93.1 Å². The average molecular weight is 342 g/mol. The van der Waals surface area contributed by atoms with Crippen molar-refractivity contribution in [1.29, 1.82) is 0 Å². The molecule has 3 rings (SSSR count). The van der Waals surface area contributed by atoms with E-state index in [9.17, 15) is 9.59 Å². The van der Waals surface area contributed by atoms with Crippen LogP contribution in [0, 0.1) is 0 Å². The van der Waals surface area contributed by atoms with Crippen molar-refractivity contribution in [2.24, 2.45) is 0 Å². The van der Waals surface area contributed by atoms with Gasteiger partial charge in [0, 0.05) is 18.1 Å². The molecule has 0 atom stereocenters. The van der Waals surface area contributed by atoms with Crippen LogP contribution in [-0.2, 0) is 16.0 Å². The van der Waals surface area contributed by atoms with Crippen molar-refractivity contribution < 1.29 is 29.3 Å². The summed E-state index contributed by atoms with van der Waals surface area (Å²) in [5, 5.41) is 17.2. The van der Waals surface area contributed by atoms with Crippen LogP contribution in [0.4, 0.5) is 0 Å². The molecule has 0 radical (unpaired) electrons. The van der Waals surface area contributed by atoms with Gasteiger partial charge in [0.1, 0.15) is 18.1 Å². The number of carbonyl (C=O) groups is 2. The van der Waals surface area contributed by atoms with Gasteiger partial charge in [-0.15, -0.1) is 0 Å². The smallest absolute Gasteiger partial charge is 0.336 e. The molecule has 0 aliphatic carbocycles. The van der Waals surface area contributed by atoms with Crippen molar-refractivity contribution in [2.75, 3.05) is 13.2 Å². The average Bonchev–Trinajstić information content (AvgIpc) is 2.64. The van der Waals surface area contributed by atoms with E-state index in [0.29, 0.717) is 17.7 Å². The van der Waals surface area contributed by atoms with Crippen LogP contribution in [0.15, 0.2) is 55.1 Å². The van der Waals surface area contributed by atoms with Crippen molar-refractivity contribution in [1.82, 2.24) is 0 Å². The van der Waals surface area contributed by atoms with Gasteiger partial charge in [-0.2, -0.15) is 0 Å². The zero-order chi connectivity index (χ0) is 18.2. The highest BCUT2D eigenvalue weighted by Gasteiger charge is 2.21. The van der Waals surface area contributed by atoms with E-state index < -0.39 is 11.9 Å². The van der Waals surface area contributed by atoms with E-state index in [1.165, 1.54) is 0 Å². The first-order valence-corrected chi connectivity index (χ1v) is 7.57. The summed E-state index contributed by atoms with van der Waals surface area (Å²) >= 11 is 0. The first kappa shape index (κ1) is 18.2. The third kappa shape index (κ3) is 4.68. The van der Waals surface area contributed by atoms with Crippen LogP contribution < -0.4 is 4.74 Å². The number of benzene rings is 2. The molecule has 0 saturated heterocycles. The van der Waals surface area contributed by atoms with Crippen molar-refractivity contribution in [3.8, 4) is 11.5 Å². The van der Waals surface area contributed by atoms with E-state index in [-0.39, 0.29) is 13.2 Å². The first-order chi connectivity index (χ1) is 12.1. The lowest BCUT2D eigenvalue weighted by Crippen LogP contribution is -2.09. The molecule has 0 aromatic heterocycles. The molecule has 0 fully saturated rings. The van der Waals surface area contributed by atoms with Crippen LogP contribution in [0.3, 0.4) is 0 Å². The van der Waals surface area contributed by atoms with E-state index in [1.807, 2.05) is 24.3 Å². The SMILES string of the molecule is C=CC(=O)OCCO.O=C(O)c1cccc2c1Cc1ccccc1O2. The highest BCUT2D eigenvalue weighted by Crippen LogP contribution is 2.37. The maximum absolute atomic E-state index is 11.1. The Bertz CT molecular complexity index is 781. The number of esters is 1. The number of para-hydroxylation sites is 1. The summed E-state index contributed by atoms with van der Waals surface area (Å²) in [7, 11) is 0. The van der Waals surface area contributed by atoms with Gasteiger partial charge in [-0.05, 0) is 23.8 Å². The molecular formula is C19H18O6. The fraction of sp³-hybridized carbons (Fsp3) is 0.158. The van der Waals surface area contributed by atoms with E-state index >= 15 is 0 Å². The van der Waals surface area contributed by atoms with Gasteiger partial charge in [0.2, 0.25) is 0 Å². The molecule has 6 heteroatoms. The van der Waals surface area contributed by atoms with Gasteiger partial charge in [0.05, 0.1) is 12.2 Å². The second kappa shape index (κ2) is 8.65. The first-order valence-electron chi connectivity index (χ1n) is 7.57. The summed E-state index contributed by atoms with van der Waals surface area (Å²) in [6, 6.07) is 12.8. The molecule has 2 aromatic carbocycles. The molecule has 1 heterocycles. The van der Waals surface area contributed by atoms with E-state index in [4.69, 9.17) is 14.9 Å². The molecule has 2 aromatic rings. The zero-order valence-corrected chi connectivity index (χ0v) is 13.5. The molecule has 1 aliphatic heterocycles. The minimum absolute atomic E-state index is 0.0465. The maximum Gasteiger partial charge on any atom is 0.336 e. The summed E-state index contributed by atoms with van der Waals surface area (Å²) in [5.41, 5.74) is 2.09. The quantitative estimate of drug-likeness (QED) is 0.559. The number of hydrogen-bond acceptors (Lipinski definition) is 5. The Morgan fingerprint density at radius 3 is 2.56 bits per heavy atom. The van der Waals surface area contributed by atoms with E-state index in [1.54, 1.807) is 18.2 Å². The monoisotopic (exact) mass is 342 g/mol. The number of aliphatic hydroxyl groups is 1. The van der Waals surface area contributed by atoms with Crippen molar-refractivity contribution in [2.45, 2.75) is 6.42 Å². The second-order valence-corrected chi connectivity index (χ2v) is 5.07. The Morgan fingerprint density at radius 1 is 1.16 bits per heavy atom. The summed E-state index contributed by atoms with van der Waals surface area (Å²) in [6.45, 7) is 3.06. The summed E-state index contributed by atoms with van der Waals surface area (Å²) < 4.78 is 10.0. The fourth-order valence-electron chi connectivity index (χ4n) is 2.31. The van der Waals surface area contributed by atoms with Crippen molar-refractivity contribution in [3.63, 3.8) is 0 Å². The van der Waals surface area contributed by atoms with Gasteiger partial charge in [0.15, 0.2) is 0 Å². The number of aromatic carboxylic acids is 1. The molecule has 1 aliphatic rings. The van der Waals surface area contributed by atoms with Crippen LogP contribution >= 0.6 is 0 Å². The van der Waals surface area contributed by atoms with Crippen LogP contribution in [0.5, 0.6) is 11.5 Å². The highest BCUT2D eigenvalue weighted by atomic mass is 16.5. The lowest BCUT2D eigenvalue weighted by Gasteiger charge is -2.21. The number of carboxylic acids is 1. The molecular weight excluding hydrogens is 324 g/mol. The number of fused-ring (bicyclic) bond motifs is 2. The molecule has 25 heavy (non-hydrogen) atoms. The predicted molar refractivity (Wildman–Crippen MR) is 91.0 cm³/mol. The largest absolute Gasteiger partial charge is 0.478 e. The molecule has 0 spiro atoms. The van der Waals surface area contributed by atoms with Gasteiger partial charge in [0.25, 0.3) is 0 Å². The van der Waals surface area contributed by atoms with E-state index in [0.717, 1.165) is 23.0 Å². The minimum atomic E-state index is -0.912. The Labute approximate surface area is 144 Å². The lowest BCUT2D eigenvalue weighted by molar-refractivity contribution is -0.138. The Balaban J connectivity index is 0.000000242. The van der Waals surface area contributed by atoms with Gasteiger partial charge < -0.3 is 19.7 Å². The minimum Gasteiger partial charge on any atom is -0.478 e.